The lowest BCUT2D eigenvalue weighted by Gasteiger charge is -2.27. The molecule has 3 rings (SSSR count). The van der Waals surface area contributed by atoms with E-state index in [1.165, 1.54) is 0 Å². The fraction of sp³-hybridized carbons (Fsp3) is 0.222. The van der Waals surface area contributed by atoms with Gasteiger partial charge in [0.2, 0.25) is 0 Å². The average Bonchev–Trinajstić information content (AvgIpc) is 2.61. The van der Waals surface area contributed by atoms with Crippen molar-refractivity contribution in [1.82, 2.24) is 0 Å². The predicted molar refractivity (Wildman–Crippen MR) is 114 cm³/mol. The Hall–Kier alpha value is -1.01. The predicted octanol–water partition coefficient (Wildman–Crippen LogP) is 5.75. The molecule has 0 saturated carbocycles. The first-order valence-electron chi connectivity index (χ1n) is 7.63. The third-order valence-corrected chi connectivity index (χ3v) is 5.26. The summed E-state index contributed by atoms with van der Waals surface area (Å²) >= 11 is 13.8. The summed E-state index contributed by atoms with van der Waals surface area (Å²) in [6, 6.07) is 14.8. The van der Waals surface area contributed by atoms with Crippen LogP contribution in [0.25, 0.3) is 0 Å². The van der Waals surface area contributed by atoms with Crippen LogP contribution in [0.5, 0.6) is 0 Å². The number of ketones is 1. The van der Waals surface area contributed by atoms with Gasteiger partial charge in [0, 0.05) is 28.6 Å². The van der Waals surface area contributed by atoms with Gasteiger partial charge in [-0.15, -0.1) is 17.0 Å². The lowest BCUT2D eigenvalue weighted by molar-refractivity contribution is 0.100. The van der Waals surface area contributed by atoms with E-state index in [4.69, 9.17) is 23.2 Å². The van der Waals surface area contributed by atoms with Crippen LogP contribution in [0.15, 0.2) is 53.5 Å². The van der Waals surface area contributed by atoms with Gasteiger partial charge in [-0.2, -0.15) is 0 Å². The molecule has 25 heavy (non-hydrogen) atoms. The fourth-order valence-corrected chi connectivity index (χ4v) is 3.91. The van der Waals surface area contributed by atoms with E-state index in [0.29, 0.717) is 15.6 Å². The summed E-state index contributed by atoms with van der Waals surface area (Å²) in [5.41, 5.74) is 1.42. The minimum absolute atomic E-state index is 0. The lowest BCUT2D eigenvalue weighted by atomic mass is 10.1. The molecule has 3 nitrogen and oxygen atoms in total. The molecule has 0 amide bonds. The SMILES string of the molecule is Br.O=C(CN(C1=NCCCS1)c1ccccc1)c1ccc(Cl)cc1Cl. The molecule has 0 aliphatic carbocycles. The van der Waals surface area contributed by atoms with Gasteiger partial charge < -0.3 is 4.90 Å². The van der Waals surface area contributed by atoms with E-state index in [1.807, 2.05) is 35.2 Å². The van der Waals surface area contributed by atoms with Crippen LogP contribution >= 0.6 is 51.9 Å². The largest absolute Gasteiger partial charge is 0.313 e. The number of rotatable bonds is 4. The van der Waals surface area contributed by atoms with Crippen molar-refractivity contribution in [1.29, 1.82) is 0 Å². The zero-order valence-corrected chi connectivity index (χ0v) is 17.4. The Morgan fingerprint density at radius 1 is 1.16 bits per heavy atom. The molecule has 132 valence electrons. The van der Waals surface area contributed by atoms with E-state index < -0.39 is 0 Å². The van der Waals surface area contributed by atoms with Crippen LogP contribution in [0.3, 0.4) is 0 Å². The number of carbonyl (C=O) groups excluding carboxylic acids is 1. The van der Waals surface area contributed by atoms with Gasteiger partial charge in [-0.3, -0.25) is 9.79 Å². The summed E-state index contributed by atoms with van der Waals surface area (Å²) in [6.07, 6.45) is 1.06. The highest BCUT2D eigenvalue weighted by atomic mass is 79.9. The number of nitrogens with zero attached hydrogens (tertiary/aromatic N) is 2. The zero-order chi connectivity index (χ0) is 16.9. The Morgan fingerprint density at radius 2 is 1.92 bits per heavy atom. The number of para-hydroxylation sites is 1. The number of benzene rings is 2. The number of halogens is 3. The second-order valence-electron chi connectivity index (χ2n) is 5.34. The number of amidine groups is 1. The van der Waals surface area contributed by atoms with Gasteiger partial charge in [-0.1, -0.05) is 53.2 Å². The van der Waals surface area contributed by atoms with Crippen molar-refractivity contribution >= 4 is 68.6 Å². The molecule has 0 aromatic heterocycles. The topological polar surface area (TPSA) is 32.7 Å². The first-order chi connectivity index (χ1) is 11.6. The zero-order valence-electron chi connectivity index (χ0n) is 13.3. The molecule has 1 heterocycles. The number of Topliss-reactive ketones (excluding diaryl/α,β-unsaturated/α-hetero) is 1. The third-order valence-electron chi connectivity index (χ3n) is 3.61. The summed E-state index contributed by atoms with van der Waals surface area (Å²) < 4.78 is 0. The van der Waals surface area contributed by atoms with E-state index in [-0.39, 0.29) is 29.3 Å². The van der Waals surface area contributed by atoms with Crippen molar-refractivity contribution in [3.63, 3.8) is 0 Å². The van der Waals surface area contributed by atoms with Crippen LogP contribution in [-0.4, -0.2) is 29.8 Å². The molecule has 0 bridgehead atoms. The average molecular weight is 460 g/mol. The van der Waals surface area contributed by atoms with Crippen molar-refractivity contribution in [2.24, 2.45) is 4.99 Å². The smallest absolute Gasteiger partial charge is 0.184 e. The number of hydrogen-bond donors (Lipinski definition) is 0. The first kappa shape index (κ1) is 20.3. The maximum absolute atomic E-state index is 12.8. The maximum atomic E-state index is 12.8. The summed E-state index contributed by atoms with van der Waals surface area (Å²) in [7, 11) is 0. The highest BCUT2D eigenvalue weighted by molar-refractivity contribution is 8.93. The van der Waals surface area contributed by atoms with Crippen LogP contribution in [0.2, 0.25) is 10.0 Å². The van der Waals surface area contributed by atoms with Crippen LogP contribution in [0, 0.1) is 0 Å². The van der Waals surface area contributed by atoms with Gasteiger partial charge >= 0.3 is 0 Å². The molecular weight excluding hydrogens is 443 g/mol. The number of anilines is 1. The minimum Gasteiger partial charge on any atom is -0.313 e. The van der Waals surface area contributed by atoms with E-state index in [0.717, 1.165) is 29.6 Å². The number of carbonyl (C=O) groups is 1. The molecule has 0 unspecified atom stereocenters. The highest BCUT2D eigenvalue weighted by Crippen LogP contribution is 2.25. The molecular formula is C18H17BrCl2N2OS. The van der Waals surface area contributed by atoms with Crippen molar-refractivity contribution in [3.05, 3.63) is 64.1 Å². The summed E-state index contributed by atoms with van der Waals surface area (Å²) in [5.74, 6) is 0.951. The molecule has 1 aliphatic heterocycles. The normalized spacial score (nSPS) is 13.6. The van der Waals surface area contributed by atoms with Crippen LogP contribution in [-0.2, 0) is 0 Å². The van der Waals surface area contributed by atoms with Crippen molar-refractivity contribution in [2.75, 3.05) is 23.7 Å². The monoisotopic (exact) mass is 458 g/mol. The molecule has 0 saturated heterocycles. The molecule has 2 aromatic carbocycles. The lowest BCUT2D eigenvalue weighted by Crippen LogP contribution is -2.35. The standard InChI is InChI=1S/C18H16Cl2N2OS.BrH/c19-13-7-8-15(16(20)11-13)17(23)12-22(14-5-2-1-3-6-14)18-21-9-4-10-24-18;/h1-3,5-8,11H,4,9-10,12H2;1H. The second-order valence-corrected chi connectivity index (χ2v) is 7.24. The van der Waals surface area contributed by atoms with Crippen LogP contribution in [0.1, 0.15) is 16.8 Å². The summed E-state index contributed by atoms with van der Waals surface area (Å²) in [5, 5.41) is 1.77. The van der Waals surface area contributed by atoms with E-state index >= 15 is 0 Å². The van der Waals surface area contributed by atoms with Crippen molar-refractivity contribution in [3.8, 4) is 0 Å². The quantitative estimate of drug-likeness (QED) is 0.545. The summed E-state index contributed by atoms with van der Waals surface area (Å²) in [6.45, 7) is 0.985. The molecule has 2 aromatic rings. The molecule has 1 aliphatic rings. The number of hydrogen-bond acceptors (Lipinski definition) is 4. The van der Waals surface area contributed by atoms with Crippen LogP contribution < -0.4 is 4.90 Å². The van der Waals surface area contributed by atoms with E-state index in [9.17, 15) is 4.79 Å². The Morgan fingerprint density at radius 3 is 2.56 bits per heavy atom. The molecule has 0 N–H and O–H groups in total. The highest BCUT2D eigenvalue weighted by Gasteiger charge is 2.21. The van der Waals surface area contributed by atoms with Gasteiger partial charge in [-0.25, -0.2) is 0 Å². The number of thioether (sulfide) groups is 1. The first-order valence-corrected chi connectivity index (χ1v) is 9.37. The molecule has 0 radical (unpaired) electrons. The maximum Gasteiger partial charge on any atom is 0.184 e. The number of aliphatic imine (C=N–C) groups is 1. The van der Waals surface area contributed by atoms with Gasteiger partial charge in [0.25, 0.3) is 0 Å². The summed E-state index contributed by atoms with van der Waals surface area (Å²) in [4.78, 5) is 19.3. The van der Waals surface area contributed by atoms with Crippen molar-refractivity contribution < 1.29 is 4.79 Å². The van der Waals surface area contributed by atoms with E-state index in [2.05, 4.69) is 4.99 Å². The van der Waals surface area contributed by atoms with E-state index in [1.54, 1.807) is 30.0 Å². The Bertz CT molecular complexity index is 771. The van der Waals surface area contributed by atoms with Gasteiger partial charge in [0.1, 0.15) is 0 Å². The van der Waals surface area contributed by atoms with Crippen molar-refractivity contribution in [2.45, 2.75) is 6.42 Å². The van der Waals surface area contributed by atoms with Gasteiger partial charge in [0.05, 0.1) is 11.6 Å². The Labute approximate surface area is 172 Å². The molecule has 7 heteroatoms. The molecule has 0 atom stereocenters. The van der Waals surface area contributed by atoms with Gasteiger partial charge in [-0.05, 0) is 36.8 Å². The third kappa shape index (κ3) is 5.23. The second kappa shape index (κ2) is 9.62. The Balaban J connectivity index is 0.00000225. The fourth-order valence-electron chi connectivity index (χ4n) is 2.43. The molecule has 0 spiro atoms. The Kier molecular flexibility index (Phi) is 7.81. The van der Waals surface area contributed by atoms with Gasteiger partial charge in [0.15, 0.2) is 11.0 Å². The van der Waals surface area contributed by atoms with Crippen LogP contribution in [0.4, 0.5) is 5.69 Å². The minimum atomic E-state index is -0.0607. The molecule has 0 fully saturated rings.